The highest BCUT2D eigenvalue weighted by Crippen LogP contribution is 2.30. The van der Waals surface area contributed by atoms with E-state index in [9.17, 15) is 5.11 Å². The second kappa shape index (κ2) is 6.88. The SMILES string of the molecule is CC1CC(C)CC(OCC(O)CNC(C)(C)C)C1. The van der Waals surface area contributed by atoms with Gasteiger partial charge in [0.2, 0.25) is 0 Å². The van der Waals surface area contributed by atoms with Crippen LogP contribution in [0.15, 0.2) is 0 Å². The zero-order chi connectivity index (χ0) is 13.8. The third-order valence-electron chi connectivity index (χ3n) is 3.53. The van der Waals surface area contributed by atoms with Crippen LogP contribution < -0.4 is 5.32 Å². The van der Waals surface area contributed by atoms with Crippen LogP contribution in [0.5, 0.6) is 0 Å². The van der Waals surface area contributed by atoms with Crippen molar-refractivity contribution in [3.8, 4) is 0 Å². The fraction of sp³-hybridized carbons (Fsp3) is 1.00. The van der Waals surface area contributed by atoms with Gasteiger partial charge in [0, 0.05) is 12.1 Å². The van der Waals surface area contributed by atoms with Gasteiger partial charge in [-0.25, -0.2) is 0 Å². The summed E-state index contributed by atoms with van der Waals surface area (Å²) in [5.74, 6) is 1.51. The molecule has 0 amide bonds. The first-order valence-electron chi connectivity index (χ1n) is 7.31. The van der Waals surface area contributed by atoms with Crippen LogP contribution in [0.2, 0.25) is 0 Å². The van der Waals surface area contributed by atoms with Crippen molar-refractivity contribution in [1.82, 2.24) is 5.32 Å². The first kappa shape index (κ1) is 15.9. The van der Waals surface area contributed by atoms with E-state index < -0.39 is 6.10 Å². The Kier molecular flexibility index (Phi) is 6.09. The van der Waals surface area contributed by atoms with Gasteiger partial charge >= 0.3 is 0 Å². The van der Waals surface area contributed by atoms with Crippen molar-refractivity contribution in [1.29, 1.82) is 0 Å². The average molecular weight is 257 g/mol. The summed E-state index contributed by atoms with van der Waals surface area (Å²) >= 11 is 0. The lowest BCUT2D eigenvalue weighted by atomic mass is 9.82. The molecule has 1 fully saturated rings. The van der Waals surface area contributed by atoms with Gasteiger partial charge in [0.15, 0.2) is 0 Å². The maximum Gasteiger partial charge on any atom is 0.0898 e. The Morgan fingerprint density at radius 3 is 2.22 bits per heavy atom. The number of β-amino-alcohol motifs (C(OH)–C–C–N with tert-alkyl or cyclic N) is 1. The van der Waals surface area contributed by atoms with Crippen LogP contribution in [0.25, 0.3) is 0 Å². The Morgan fingerprint density at radius 2 is 1.72 bits per heavy atom. The van der Waals surface area contributed by atoms with E-state index in [1.54, 1.807) is 0 Å². The van der Waals surface area contributed by atoms with Gasteiger partial charge in [0.05, 0.1) is 18.8 Å². The van der Waals surface area contributed by atoms with Crippen molar-refractivity contribution >= 4 is 0 Å². The van der Waals surface area contributed by atoms with Crippen LogP contribution in [-0.4, -0.2) is 36.0 Å². The van der Waals surface area contributed by atoms with E-state index in [1.165, 1.54) is 6.42 Å². The van der Waals surface area contributed by atoms with Gasteiger partial charge in [-0.2, -0.15) is 0 Å². The Labute approximate surface area is 112 Å². The van der Waals surface area contributed by atoms with Crippen molar-refractivity contribution in [2.24, 2.45) is 11.8 Å². The summed E-state index contributed by atoms with van der Waals surface area (Å²) in [6.07, 6.45) is 3.53. The van der Waals surface area contributed by atoms with Crippen molar-refractivity contribution in [2.45, 2.75) is 71.6 Å². The maximum atomic E-state index is 9.89. The number of nitrogens with one attached hydrogen (secondary N) is 1. The van der Waals surface area contributed by atoms with Crippen LogP contribution >= 0.6 is 0 Å². The zero-order valence-corrected chi connectivity index (χ0v) is 12.7. The summed E-state index contributed by atoms with van der Waals surface area (Å²) in [5.41, 5.74) is 0.0504. The standard InChI is InChI=1S/C15H31NO2/c1-11-6-12(2)8-14(7-11)18-10-13(17)9-16-15(3,4)5/h11-14,16-17H,6-10H2,1-5H3. The highest BCUT2D eigenvalue weighted by Gasteiger charge is 2.25. The normalized spacial score (nSPS) is 31.3. The monoisotopic (exact) mass is 257 g/mol. The predicted molar refractivity (Wildman–Crippen MR) is 75.7 cm³/mol. The first-order valence-corrected chi connectivity index (χ1v) is 7.31. The summed E-state index contributed by atoms with van der Waals surface area (Å²) in [7, 11) is 0. The smallest absolute Gasteiger partial charge is 0.0898 e. The van der Waals surface area contributed by atoms with Gasteiger partial charge in [-0.1, -0.05) is 13.8 Å². The molecule has 1 aliphatic carbocycles. The molecular weight excluding hydrogens is 226 g/mol. The van der Waals surface area contributed by atoms with Crippen LogP contribution in [0.4, 0.5) is 0 Å². The number of hydrogen-bond acceptors (Lipinski definition) is 3. The molecule has 3 unspecified atom stereocenters. The molecule has 0 aromatic carbocycles. The molecule has 1 saturated carbocycles. The van der Waals surface area contributed by atoms with Gasteiger partial charge in [0.25, 0.3) is 0 Å². The van der Waals surface area contributed by atoms with E-state index in [2.05, 4.69) is 39.9 Å². The van der Waals surface area contributed by atoms with E-state index in [0.717, 1.165) is 24.7 Å². The molecule has 3 heteroatoms. The molecule has 1 aliphatic rings. The van der Waals surface area contributed by atoms with Crippen molar-refractivity contribution in [3.05, 3.63) is 0 Å². The van der Waals surface area contributed by atoms with Crippen molar-refractivity contribution < 1.29 is 9.84 Å². The summed E-state index contributed by atoms with van der Waals surface area (Å²) in [4.78, 5) is 0. The number of aliphatic hydroxyl groups excluding tert-OH is 1. The number of aliphatic hydroxyl groups is 1. The third-order valence-corrected chi connectivity index (χ3v) is 3.53. The fourth-order valence-corrected chi connectivity index (χ4v) is 2.74. The zero-order valence-electron chi connectivity index (χ0n) is 12.7. The van der Waals surface area contributed by atoms with Crippen LogP contribution in [0.1, 0.15) is 53.9 Å². The lowest BCUT2D eigenvalue weighted by Gasteiger charge is -2.32. The molecule has 0 aromatic heterocycles. The van der Waals surface area contributed by atoms with Gasteiger partial charge in [0.1, 0.15) is 0 Å². The minimum atomic E-state index is -0.406. The van der Waals surface area contributed by atoms with Gasteiger partial charge in [-0.15, -0.1) is 0 Å². The molecule has 18 heavy (non-hydrogen) atoms. The minimum Gasteiger partial charge on any atom is -0.389 e. The van der Waals surface area contributed by atoms with Gasteiger partial charge in [-0.05, 0) is 51.9 Å². The largest absolute Gasteiger partial charge is 0.389 e. The number of ether oxygens (including phenoxy) is 1. The average Bonchev–Trinajstić information content (AvgIpc) is 2.21. The molecule has 1 rings (SSSR count). The highest BCUT2D eigenvalue weighted by molar-refractivity contribution is 4.76. The van der Waals surface area contributed by atoms with Crippen LogP contribution in [0.3, 0.4) is 0 Å². The van der Waals surface area contributed by atoms with E-state index in [0.29, 0.717) is 19.3 Å². The summed E-state index contributed by atoms with van der Waals surface area (Å²) in [6, 6.07) is 0. The lowest BCUT2D eigenvalue weighted by Crippen LogP contribution is -2.42. The topological polar surface area (TPSA) is 41.5 Å². The Hall–Kier alpha value is -0.120. The van der Waals surface area contributed by atoms with E-state index in [1.807, 2.05) is 0 Å². The molecule has 0 spiro atoms. The lowest BCUT2D eigenvalue weighted by molar-refractivity contribution is -0.0406. The third kappa shape index (κ3) is 6.72. The van der Waals surface area contributed by atoms with Crippen molar-refractivity contribution in [3.63, 3.8) is 0 Å². The highest BCUT2D eigenvalue weighted by atomic mass is 16.5. The summed E-state index contributed by atoms with van der Waals surface area (Å²) < 4.78 is 5.86. The molecule has 3 atom stereocenters. The molecule has 0 heterocycles. The maximum absolute atomic E-state index is 9.89. The molecule has 0 radical (unpaired) electrons. The molecule has 0 aliphatic heterocycles. The second-order valence-electron chi connectivity index (χ2n) is 7.16. The fourth-order valence-electron chi connectivity index (χ4n) is 2.74. The van der Waals surface area contributed by atoms with Crippen LogP contribution in [0, 0.1) is 11.8 Å². The molecule has 0 bridgehead atoms. The Morgan fingerprint density at radius 1 is 1.17 bits per heavy atom. The predicted octanol–water partition coefficient (Wildman–Crippen LogP) is 2.58. The minimum absolute atomic E-state index is 0.0504. The summed E-state index contributed by atoms with van der Waals surface area (Å²) in [5, 5.41) is 13.2. The number of hydrogen-bond donors (Lipinski definition) is 2. The molecule has 2 N–H and O–H groups in total. The van der Waals surface area contributed by atoms with Crippen LogP contribution in [-0.2, 0) is 4.74 Å². The molecule has 0 saturated heterocycles. The van der Waals surface area contributed by atoms with Gasteiger partial charge < -0.3 is 15.2 Å². The van der Waals surface area contributed by atoms with Gasteiger partial charge in [-0.3, -0.25) is 0 Å². The molecule has 0 aromatic rings. The number of rotatable bonds is 5. The van der Waals surface area contributed by atoms with Crippen molar-refractivity contribution in [2.75, 3.05) is 13.2 Å². The summed E-state index contributed by atoms with van der Waals surface area (Å²) in [6.45, 7) is 11.9. The molecule has 108 valence electrons. The Bertz CT molecular complexity index is 227. The molecular formula is C15H31NO2. The van der Waals surface area contributed by atoms with E-state index >= 15 is 0 Å². The first-order chi connectivity index (χ1) is 8.26. The Balaban J connectivity index is 2.19. The van der Waals surface area contributed by atoms with E-state index in [-0.39, 0.29) is 5.54 Å². The molecule has 3 nitrogen and oxygen atoms in total. The van der Waals surface area contributed by atoms with E-state index in [4.69, 9.17) is 4.74 Å². The second-order valence-corrected chi connectivity index (χ2v) is 7.16. The quantitative estimate of drug-likeness (QED) is 0.795.